The first kappa shape index (κ1) is 52.3. The normalized spacial score (nSPS) is 13.7. The summed E-state index contributed by atoms with van der Waals surface area (Å²) in [4.78, 5) is 12.7. The smallest absolute Gasteiger partial charge is 0.266 e. The second kappa shape index (κ2) is 39.5. The summed E-state index contributed by atoms with van der Waals surface area (Å²) in [5.41, 5.74) is 0. The van der Waals surface area contributed by atoms with Crippen molar-refractivity contribution in [3.05, 3.63) is 0 Å². The van der Waals surface area contributed by atoms with Crippen LogP contribution in [0.25, 0.3) is 0 Å². The zero-order valence-electron chi connectivity index (χ0n) is 35.3. The fraction of sp³-hybridized carbons (Fsp3) is 0.978. The minimum Gasteiger partial charge on any atom is -0.391 e. The van der Waals surface area contributed by atoms with E-state index < -0.39 is 40.0 Å². The Kier molecular flexibility index (Phi) is 39.0. The van der Waals surface area contributed by atoms with Gasteiger partial charge in [0.05, 0.1) is 17.9 Å². The fourth-order valence-electron chi connectivity index (χ4n) is 7.58. The van der Waals surface area contributed by atoms with Gasteiger partial charge < -0.3 is 15.5 Å². The molecule has 0 aliphatic heterocycles. The number of rotatable bonds is 43. The summed E-state index contributed by atoms with van der Waals surface area (Å²) in [5, 5.41) is 23.6. The molecule has 3 unspecified atom stereocenters. The average Bonchev–Trinajstić information content (AvgIpc) is 3.12. The SMILES string of the molecule is CCCCCCCCCCCCCCCCCCCCCC(O)C(=O)NC(CS(=O)(=O)O)C(O)CCCCCCCCCCCCCCCCCCC. The Hall–Kier alpha value is -0.700. The van der Waals surface area contributed by atoms with Crippen LogP contribution in [0, 0.1) is 0 Å². The van der Waals surface area contributed by atoms with Gasteiger partial charge in [0.2, 0.25) is 5.91 Å². The van der Waals surface area contributed by atoms with E-state index in [-0.39, 0.29) is 0 Å². The molecule has 8 heteroatoms. The molecule has 0 saturated carbocycles. The molecule has 0 aromatic rings. The molecule has 0 radical (unpaired) electrons. The van der Waals surface area contributed by atoms with Crippen LogP contribution in [0.2, 0.25) is 0 Å². The van der Waals surface area contributed by atoms with E-state index in [1.165, 1.54) is 186 Å². The topological polar surface area (TPSA) is 124 Å². The third-order valence-electron chi connectivity index (χ3n) is 11.2. The molecule has 4 N–H and O–H groups in total. The molecule has 0 saturated heterocycles. The van der Waals surface area contributed by atoms with Crippen LogP contribution in [0.4, 0.5) is 0 Å². The van der Waals surface area contributed by atoms with Crippen LogP contribution in [-0.4, -0.2) is 53.1 Å². The number of carbonyl (C=O) groups excluding carboxylic acids is 1. The highest BCUT2D eigenvalue weighted by Gasteiger charge is 2.28. The highest BCUT2D eigenvalue weighted by molar-refractivity contribution is 7.85. The summed E-state index contributed by atoms with van der Waals surface area (Å²) in [5.74, 6) is -1.44. The lowest BCUT2D eigenvalue weighted by Crippen LogP contribution is -2.50. The van der Waals surface area contributed by atoms with E-state index in [0.29, 0.717) is 12.8 Å². The zero-order valence-corrected chi connectivity index (χ0v) is 36.1. The van der Waals surface area contributed by atoms with Gasteiger partial charge in [-0.25, -0.2) is 0 Å². The Morgan fingerprint density at radius 3 is 0.943 bits per heavy atom. The molecule has 3 atom stereocenters. The van der Waals surface area contributed by atoms with E-state index in [1.807, 2.05) is 0 Å². The van der Waals surface area contributed by atoms with Gasteiger partial charge in [0.25, 0.3) is 10.1 Å². The van der Waals surface area contributed by atoms with Gasteiger partial charge >= 0.3 is 0 Å². The number of unbranched alkanes of at least 4 members (excludes halogenated alkanes) is 34. The second-order valence-electron chi connectivity index (χ2n) is 16.5. The van der Waals surface area contributed by atoms with Crippen LogP contribution in [0.1, 0.15) is 258 Å². The molecule has 0 rings (SSSR count). The Balaban J connectivity index is 3.86. The number of hydrogen-bond acceptors (Lipinski definition) is 5. The molecule has 7 nitrogen and oxygen atoms in total. The fourth-order valence-corrected chi connectivity index (χ4v) is 8.34. The summed E-state index contributed by atoms with van der Waals surface area (Å²) in [7, 11) is -4.40. The molecule has 0 aromatic heterocycles. The maximum absolute atomic E-state index is 12.7. The third kappa shape index (κ3) is 39.3. The van der Waals surface area contributed by atoms with Gasteiger partial charge in [-0.05, 0) is 12.8 Å². The number of carbonyl (C=O) groups is 1. The third-order valence-corrected chi connectivity index (χ3v) is 11.9. The van der Waals surface area contributed by atoms with Crippen LogP contribution in [0.3, 0.4) is 0 Å². The van der Waals surface area contributed by atoms with Crippen molar-refractivity contribution < 1.29 is 28.0 Å². The molecule has 0 aromatic carbocycles. The molecular formula is C45H91NO6S. The van der Waals surface area contributed by atoms with Crippen LogP contribution < -0.4 is 5.32 Å². The van der Waals surface area contributed by atoms with Gasteiger partial charge in [0.1, 0.15) is 6.10 Å². The maximum atomic E-state index is 12.7. The standard InChI is InChI=1S/C45H91NO6S/c1-3-5-7-9-11-13-15-17-19-21-22-24-26-28-30-32-34-36-38-40-44(48)45(49)46-42(41-53(50,51)52)43(47)39-37-35-33-31-29-27-25-23-20-18-16-14-12-10-8-6-4-2/h42-44,47-48H,3-41H2,1-2H3,(H,46,49)(H,50,51,52). The highest BCUT2D eigenvalue weighted by atomic mass is 32.2. The second-order valence-corrected chi connectivity index (χ2v) is 18.0. The van der Waals surface area contributed by atoms with Gasteiger partial charge in [0.15, 0.2) is 0 Å². The quantitative estimate of drug-likeness (QED) is 0.0361. The molecule has 0 heterocycles. The van der Waals surface area contributed by atoms with Crippen LogP contribution >= 0.6 is 0 Å². The predicted octanol–water partition coefficient (Wildman–Crippen LogP) is 12.9. The molecule has 0 fully saturated rings. The predicted molar refractivity (Wildman–Crippen MR) is 227 cm³/mol. The van der Waals surface area contributed by atoms with Gasteiger partial charge in [-0.15, -0.1) is 0 Å². The van der Waals surface area contributed by atoms with Crippen LogP contribution in [0.5, 0.6) is 0 Å². The number of nitrogens with one attached hydrogen (secondary N) is 1. The lowest BCUT2D eigenvalue weighted by molar-refractivity contribution is -0.131. The van der Waals surface area contributed by atoms with Crippen LogP contribution in [-0.2, 0) is 14.9 Å². The lowest BCUT2D eigenvalue weighted by atomic mass is 10.0. The number of amides is 1. The first-order chi connectivity index (χ1) is 25.7. The van der Waals surface area contributed by atoms with Crippen molar-refractivity contribution in [1.29, 1.82) is 0 Å². The minimum atomic E-state index is -4.40. The molecule has 53 heavy (non-hydrogen) atoms. The number of aliphatic hydroxyl groups is 2. The molecule has 0 aliphatic carbocycles. The van der Waals surface area contributed by atoms with Crippen molar-refractivity contribution in [1.82, 2.24) is 5.32 Å². The minimum absolute atomic E-state index is 0.304. The monoisotopic (exact) mass is 774 g/mol. The van der Waals surface area contributed by atoms with Crippen molar-refractivity contribution >= 4 is 16.0 Å². The summed E-state index contributed by atoms with van der Waals surface area (Å²) >= 11 is 0. The van der Waals surface area contributed by atoms with Gasteiger partial charge in [-0.1, -0.05) is 245 Å². The number of hydrogen-bond donors (Lipinski definition) is 4. The van der Waals surface area contributed by atoms with Crippen molar-refractivity contribution in [3.63, 3.8) is 0 Å². The molecular weight excluding hydrogens is 683 g/mol. The van der Waals surface area contributed by atoms with Gasteiger partial charge in [0, 0.05) is 0 Å². The van der Waals surface area contributed by atoms with E-state index in [4.69, 9.17) is 0 Å². The zero-order chi connectivity index (χ0) is 39.1. The van der Waals surface area contributed by atoms with Gasteiger partial charge in [-0.3, -0.25) is 9.35 Å². The van der Waals surface area contributed by atoms with Crippen molar-refractivity contribution in [2.45, 2.75) is 276 Å². The summed E-state index contributed by atoms with van der Waals surface area (Å²) < 4.78 is 32.7. The Bertz CT molecular complexity index is 869. The summed E-state index contributed by atoms with van der Waals surface area (Å²) in [6.45, 7) is 4.54. The largest absolute Gasteiger partial charge is 0.391 e. The van der Waals surface area contributed by atoms with Crippen molar-refractivity contribution in [3.8, 4) is 0 Å². The Labute approximate surface area is 330 Å². The highest BCUT2D eigenvalue weighted by Crippen LogP contribution is 2.17. The summed E-state index contributed by atoms with van der Waals surface area (Å²) in [6.07, 6.45) is 44.1. The molecule has 0 bridgehead atoms. The number of aliphatic hydroxyl groups excluding tert-OH is 2. The maximum Gasteiger partial charge on any atom is 0.266 e. The van der Waals surface area contributed by atoms with E-state index in [0.717, 1.165) is 44.9 Å². The van der Waals surface area contributed by atoms with Crippen LogP contribution in [0.15, 0.2) is 0 Å². The average molecular weight is 774 g/mol. The first-order valence-corrected chi connectivity index (χ1v) is 24.9. The molecule has 318 valence electrons. The van der Waals surface area contributed by atoms with E-state index in [1.54, 1.807) is 0 Å². The molecule has 1 amide bonds. The van der Waals surface area contributed by atoms with E-state index in [9.17, 15) is 28.0 Å². The molecule has 0 spiro atoms. The Morgan fingerprint density at radius 2 is 0.679 bits per heavy atom. The van der Waals surface area contributed by atoms with E-state index >= 15 is 0 Å². The molecule has 0 aliphatic rings. The van der Waals surface area contributed by atoms with E-state index in [2.05, 4.69) is 19.2 Å². The summed E-state index contributed by atoms with van der Waals surface area (Å²) in [6, 6.07) is -1.14. The van der Waals surface area contributed by atoms with Gasteiger partial charge in [-0.2, -0.15) is 8.42 Å². The first-order valence-electron chi connectivity index (χ1n) is 23.3. The van der Waals surface area contributed by atoms with Crippen molar-refractivity contribution in [2.24, 2.45) is 0 Å². The lowest BCUT2D eigenvalue weighted by Gasteiger charge is -2.24. The Morgan fingerprint density at radius 1 is 0.434 bits per heavy atom. The van der Waals surface area contributed by atoms with Crippen molar-refractivity contribution in [2.75, 3.05) is 5.75 Å².